The molecule has 0 spiro atoms. The molecule has 0 N–H and O–H groups in total. The summed E-state index contributed by atoms with van der Waals surface area (Å²) in [5, 5.41) is 5.37. The summed E-state index contributed by atoms with van der Waals surface area (Å²) in [6.45, 7) is 0. The van der Waals surface area contributed by atoms with Crippen molar-refractivity contribution in [3.63, 3.8) is 0 Å². The Bertz CT molecular complexity index is 751. The summed E-state index contributed by atoms with van der Waals surface area (Å²) in [5.74, 6) is 1.21. The third-order valence-electron chi connectivity index (χ3n) is 5.81. The Morgan fingerprint density at radius 3 is 2.35 bits per heavy atom. The number of halogens is 1. The fourth-order valence-corrected chi connectivity index (χ4v) is 5.33. The number of nitrogens with zero attached hydrogens (tertiary/aromatic N) is 2. The molecule has 1 heterocycles. The van der Waals surface area contributed by atoms with Gasteiger partial charge in [0.05, 0.1) is 18.1 Å². The number of hydrogen-bond acceptors (Lipinski definition) is 3. The van der Waals surface area contributed by atoms with E-state index in [4.69, 9.17) is 0 Å². The van der Waals surface area contributed by atoms with Gasteiger partial charge in [-0.15, -0.1) is 0 Å². The molecule has 2 amide bonds. The van der Waals surface area contributed by atoms with Crippen LogP contribution in [0.1, 0.15) is 12.0 Å². The molecule has 2 bridgehead atoms. The van der Waals surface area contributed by atoms with Crippen molar-refractivity contribution < 1.29 is 9.59 Å². The lowest BCUT2D eigenvalue weighted by molar-refractivity contribution is -0.140. The van der Waals surface area contributed by atoms with Crippen molar-refractivity contribution in [2.45, 2.75) is 6.42 Å². The molecule has 6 rings (SSSR count). The van der Waals surface area contributed by atoms with E-state index in [-0.39, 0.29) is 35.5 Å². The highest BCUT2D eigenvalue weighted by molar-refractivity contribution is 14.1. The molecule has 5 aliphatic rings. The maximum Gasteiger partial charge on any atom is 0.254 e. The minimum Gasteiger partial charge on any atom is -0.272 e. The molecule has 116 valence electrons. The molecule has 5 heteroatoms. The SMILES string of the molecule is O=C1[C@@H]2[C@H]3C=C[C@@H]([C@@H]4C[C@H]34)[C@H]2C(=O)N1N=Cc1cccc(I)c1. The fraction of sp³-hybridized carbons (Fsp3) is 0.389. The highest BCUT2D eigenvalue weighted by Gasteiger charge is 2.67. The first-order valence-electron chi connectivity index (χ1n) is 8.01. The first kappa shape index (κ1) is 13.9. The number of imide groups is 1. The number of benzene rings is 1. The van der Waals surface area contributed by atoms with Gasteiger partial charge in [0.15, 0.2) is 0 Å². The van der Waals surface area contributed by atoms with E-state index in [1.54, 1.807) is 6.21 Å². The van der Waals surface area contributed by atoms with Gasteiger partial charge >= 0.3 is 0 Å². The largest absolute Gasteiger partial charge is 0.272 e. The lowest BCUT2D eigenvalue weighted by atomic mass is 9.63. The molecular formula is C18H15IN2O2. The lowest BCUT2D eigenvalue weighted by Crippen LogP contribution is -2.40. The van der Waals surface area contributed by atoms with Crippen LogP contribution in [0.15, 0.2) is 41.5 Å². The number of carbonyl (C=O) groups excluding carboxylic acids is 2. The maximum absolute atomic E-state index is 12.7. The molecule has 4 nitrogen and oxygen atoms in total. The quantitative estimate of drug-likeness (QED) is 0.321. The first-order valence-corrected chi connectivity index (χ1v) is 9.09. The van der Waals surface area contributed by atoms with Crippen molar-refractivity contribution in [2.75, 3.05) is 0 Å². The number of hydrogen-bond donors (Lipinski definition) is 0. The van der Waals surface area contributed by atoms with Gasteiger partial charge in [-0.05, 0) is 70.4 Å². The highest BCUT2D eigenvalue weighted by atomic mass is 127. The number of carbonyl (C=O) groups is 2. The Labute approximate surface area is 147 Å². The summed E-state index contributed by atoms with van der Waals surface area (Å²) in [6.07, 6.45) is 7.16. The van der Waals surface area contributed by atoms with Crippen molar-refractivity contribution in [1.29, 1.82) is 0 Å². The normalized spacial score (nSPS) is 40.0. The van der Waals surface area contributed by atoms with Gasteiger partial charge in [0, 0.05) is 3.57 Å². The summed E-state index contributed by atoms with van der Waals surface area (Å²) >= 11 is 2.23. The summed E-state index contributed by atoms with van der Waals surface area (Å²) in [4.78, 5) is 25.5. The molecule has 6 atom stereocenters. The molecule has 2 saturated carbocycles. The van der Waals surface area contributed by atoms with Crippen LogP contribution in [-0.4, -0.2) is 23.0 Å². The van der Waals surface area contributed by atoms with E-state index < -0.39 is 0 Å². The van der Waals surface area contributed by atoms with Crippen molar-refractivity contribution in [1.82, 2.24) is 5.01 Å². The summed E-state index contributed by atoms with van der Waals surface area (Å²) in [6, 6.07) is 7.83. The van der Waals surface area contributed by atoms with Crippen LogP contribution < -0.4 is 0 Å². The minimum absolute atomic E-state index is 0.105. The van der Waals surface area contributed by atoms with Gasteiger partial charge in [0.1, 0.15) is 0 Å². The predicted molar refractivity (Wildman–Crippen MR) is 93.3 cm³/mol. The third-order valence-corrected chi connectivity index (χ3v) is 6.48. The molecular weight excluding hydrogens is 403 g/mol. The highest BCUT2D eigenvalue weighted by Crippen LogP contribution is 2.65. The van der Waals surface area contributed by atoms with Crippen molar-refractivity contribution >= 4 is 40.6 Å². The van der Waals surface area contributed by atoms with Gasteiger partial charge in [-0.25, -0.2) is 0 Å². The van der Waals surface area contributed by atoms with Gasteiger partial charge in [0.25, 0.3) is 11.8 Å². The van der Waals surface area contributed by atoms with Crippen molar-refractivity contribution in [3.8, 4) is 0 Å². The predicted octanol–water partition coefficient (Wildman–Crippen LogP) is 2.68. The molecule has 1 aliphatic heterocycles. The minimum atomic E-state index is -0.172. The molecule has 1 saturated heterocycles. The zero-order chi connectivity index (χ0) is 15.7. The van der Waals surface area contributed by atoms with Gasteiger partial charge in [-0.1, -0.05) is 24.3 Å². The van der Waals surface area contributed by atoms with Gasteiger partial charge < -0.3 is 0 Å². The van der Waals surface area contributed by atoms with Crippen LogP contribution >= 0.6 is 22.6 Å². The standard InChI is InChI=1S/C18H15IN2O2/c19-10-3-1-2-9(6-10)8-20-21-17(22)15-11-4-5-12(14-7-13(11)14)16(15)18(21)23/h1-6,8,11-16H,7H2/t11-,12-,13-,14+,15+,16+/m0/s1. The van der Waals surface area contributed by atoms with Gasteiger partial charge in [-0.2, -0.15) is 10.1 Å². The van der Waals surface area contributed by atoms with Crippen LogP contribution in [0.5, 0.6) is 0 Å². The molecule has 23 heavy (non-hydrogen) atoms. The number of rotatable bonds is 2. The van der Waals surface area contributed by atoms with Crippen LogP contribution in [0.4, 0.5) is 0 Å². The van der Waals surface area contributed by atoms with Crippen LogP contribution in [0.25, 0.3) is 0 Å². The average molecular weight is 418 g/mol. The number of hydrazone groups is 1. The van der Waals surface area contributed by atoms with Crippen LogP contribution in [-0.2, 0) is 9.59 Å². The second kappa shape index (κ2) is 4.75. The topological polar surface area (TPSA) is 49.7 Å². The van der Waals surface area contributed by atoms with E-state index in [0.717, 1.165) is 14.1 Å². The first-order chi connectivity index (χ1) is 11.1. The molecule has 0 unspecified atom stereocenters. The smallest absolute Gasteiger partial charge is 0.254 e. The summed E-state index contributed by atoms with van der Waals surface area (Å²) < 4.78 is 1.10. The van der Waals surface area contributed by atoms with E-state index in [2.05, 4.69) is 39.8 Å². The van der Waals surface area contributed by atoms with E-state index in [1.807, 2.05) is 24.3 Å². The van der Waals surface area contributed by atoms with E-state index >= 15 is 0 Å². The zero-order valence-corrected chi connectivity index (χ0v) is 14.5. The van der Waals surface area contributed by atoms with Crippen LogP contribution in [0.3, 0.4) is 0 Å². The summed E-state index contributed by atoms with van der Waals surface area (Å²) in [5.41, 5.74) is 0.899. The lowest BCUT2D eigenvalue weighted by Gasteiger charge is -2.37. The number of amides is 2. The van der Waals surface area contributed by atoms with Gasteiger partial charge in [-0.3, -0.25) is 9.59 Å². The second-order valence-electron chi connectivity index (χ2n) is 6.94. The maximum atomic E-state index is 12.7. The Morgan fingerprint density at radius 2 is 1.74 bits per heavy atom. The molecule has 4 aliphatic carbocycles. The number of allylic oxidation sites excluding steroid dienone is 2. The Hall–Kier alpha value is -1.50. The molecule has 3 fully saturated rings. The van der Waals surface area contributed by atoms with E-state index in [9.17, 15) is 9.59 Å². The molecule has 1 aromatic carbocycles. The zero-order valence-electron chi connectivity index (χ0n) is 12.3. The van der Waals surface area contributed by atoms with Gasteiger partial charge in [0.2, 0.25) is 0 Å². The fourth-order valence-electron chi connectivity index (χ4n) is 4.77. The Morgan fingerprint density at radius 1 is 1.09 bits per heavy atom. The molecule has 0 radical (unpaired) electrons. The monoisotopic (exact) mass is 418 g/mol. The summed E-state index contributed by atoms with van der Waals surface area (Å²) in [7, 11) is 0. The Balaban J connectivity index is 1.45. The van der Waals surface area contributed by atoms with Crippen molar-refractivity contribution in [3.05, 3.63) is 45.6 Å². The molecule has 0 aromatic heterocycles. The van der Waals surface area contributed by atoms with Crippen LogP contribution in [0, 0.1) is 39.1 Å². The van der Waals surface area contributed by atoms with E-state index in [1.165, 1.54) is 6.42 Å². The average Bonchev–Trinajstić information content (AvgIpc) is 3.32. The van der Waals surface area contributed by atoms with E-state index in [0.29, 0.717) is 11.8 Å². The third kappa shape index (κ3) is 1.92. The molecule has 1 aromatic rings. The Kier molecular flexibility index (Phi) is 2.87. The second-order valence-corrected chi connectivity index (χ2v) is 8.19. The van der Waals surface area contributed by atoms with Crippen LogP contribution in [0.2, 0.25) is 0 Å². The van der Waals surface area contributed by atoms with Crippen molar-refractivity contribution in [2.24, 2.45) is 40.6 Å².